The Labute approximate surface area is 64.1 Å². The number of nitrogens with zero attached hydrogens (tertiary/aromatic N) is 1. The minimum Gasteiger partial charge on any atom is -0.271 e. The van der Waals surface area contributed by atoms with Crippen molar-refractivity contribution in [2.24, 2.45) is 4.99 Å². The van der Waals surface area contributed by atoms with Crippen molar-refractivity contribution in [2.45, 2.75) is 0 Å². The van der Waals surface area contributed by atoms with E-state index in [1.165, 1.54) is 10.1 Å². The van der Waals surface area contributed by atoms with E-state index in [-0.39, 0.29) is 12.4 Å². The van der Waals surface area contributed by atoms with E-state index in [0.29, 0.717) is 0 Å². The van der Waals surface area contributed by atoms with E-state index >= 15 is 0 Å². The molecule has 0 unspecified atom stereocenters. The second-order valence-corrected chi connectivity index (χ2v) is 3.34. The zero-order chi connectivity index (χ0) is 5.11. The van der Waals surface area contributed by atoms with E-state index in [2.05, 4.69) is 11.2 Å². The number of rotatable bonds is 0. The average Bonchev–Trinajstić information content (AvgIpc) is 2.14. The van der Waals surface area contributed by atoms with Crippen LogP contribution in [0.5, 0.6) is 0 Å². The minimum atomic E-state index is 0. The summed E-state index contributed by atoms with van der Waals surface area (Å²) in [6, 6.07) is 0. The van der Waals surface area contributed by atoms with Gasteiger partial charge in [-0.1, -0.05) is 11.8 Å². The summed E-state index contributed by atoms with van der Waals surface area (Å²) < 4.78 is 1.25. The molecule has 0 saturated carbocycles. The number of aliphatic imine (C=N–C) groups is 1. The van der Waals surface area contributed by atoms with Crippen molar-refractivity contribution in [1.29, 1.82) is 0 Å². The molecule has 1 aliphatic heterocycles. The van der Waals surface area contributed by atoms with Gasteiger partial charge in [0.1, 0.15) is 4.38 Å². The monoisotopic (exact) mass is 169 g/mol. The van der Waals surface area contributed by atoms with Crippen LogP contribution in [-0.4, -0.2) is 22.9 Å². The molecule has 48 valence electrons. The average molecular weight is 170 g/mol. The van der Waals surface area contributed by atoms with Gasteiger partial charge in [0.25, 0.3) is 0 Å². The highest BCUT2D eigenvalue weighted by atomic mass is 35.5. The molecule has 1 aliphatic rings. The van der Waals surface area contributed by atoms with Gasteiger partial charge in [-0.25, -0.2) is 0 Å². The molecule has 0 amide bonds. The third-order valence-corrected chi connectivity index (χ3v) is 2.83. The standard InChI is InChI=1S/C4H7NS2.ClH/c1-6-4-5-2-3-7-4;/h2-3H2,1H3;1H. The molecule has 4 heteroatoms. The largest absolute Gasteiger partial charge is 0.271 e. The van der Waals surface area contributed by atoms with Crippen molar-refractivity contribution in [1.82, 2.24) is 0 Å². The van der Waals surface area contributed by atoms with Crippen molar-refractivity contribution in [3.05, 3.63) is 0 Å². The van der Waals surface area contributed by atoms with Gasteiger partial charge in [-0.15, -0.1) is 24.2 Å². The Kier molecular flexibility index (Phi) is 4.90. The summed E-state index contributed by atoms with van der Waals surface area (Å²) in [5, 5.41) is 0. The first-order valence-electron chi connectivity index (χ1n) is 2.15. The van der Waals surface area contributed by atoms with Crippen molar-refractivity contribution in [3.8, 4) is 0 Å². The normalized spacial score (nSPS) is 17.4. The van der Waals surface area contributed by atoms with Crippen LogP contribution in [-0.2, 0) is 0 Å². The lowest BCUT2D eigenvalue weighted by Gasteiger charge is -1.85. The Morgan fingerprint density at radius 3 is 2.75 bits per heavy atom. The molecule has 0 aromatic rings. The number of hydrogen-bond donors (Lipinski definition) is 0. The molecule has 0 spiro atoms. The summed E-state index contributed by atoms with van der Waals surface area (Å²) >= 11 is 3.60. The summed E-state index contributed by atoms with van der Waals surface area (Å²) in [6.07, 6.45) is 2.07. The van der Waals surface area contributed by atoms with Crippen LogP contribution in [0.1, 0.15) is 0 Å². The molecule has 0 fully saturated rings. The quantitative estimate of drug-likeness (QED) is 0.549. The predicted molar refractivity (Wildman–Crippen MR) is 45.5 cm³/mol. The molecule has 0 radical (unpaired) electrons. The van der Waals surface area contributed by atoms with E-state index in [1.54, 1.807) is 11.8 Å². The van der Waals surface area contributed by atoms with Crippen LogP contribution in [0.15, 0.2) is 4.99 Å². The Bertz CT molecular complexity index is 94.0. The van der Waals surface area contributed by atoms with E-state index in [9.17, 15) is 0 Å². The van der Waals surface area contributed by atoms with Crippen molar-refractivity contribution in [3.63, 3.8) is 0 Å². The highest BCUT2D eigenvalue weighted by Crippen LogP contribution is 2.18. The molecular weight excluding hydrogens is 162 g/mol. The zero-order valence-electron chi connectivity index (χ0n) is 4.59. The fraction of sp³-hybridized carbons (Fsp3) is 0.750. The molecule has 0 aromatic carbocycles. The van der Waals surface area contributed by atoms with Crippen molar-refractivity contribution < 1.29 is 0 Å². The Balaban J connectivity index is 0.000000490. The number of halogens is 1. The van der Waals surface area contributed by atoms with Gasteiger partial charge in [0.05, 0.1) is 6.54 Å². The number of hydrogen-bond acceptors (Lipinski definition) is 3. The van der Waals surface area contributed by atoms with Gasteiger partial charge in [0.15, 0.2) is 0 Å². The second-order valence-electron chi connectivity index (χ2n) is 1.20. The summed E-state index contributed by atoms with van der Waals surface area (Å²) in [4.78, 5) is 4.20. The fourth-order valence-electron chi connectivity index (χ4n) is 0.439. The maximum absolute atomic E-state index is 4.20. The molecule has 1 nitrogen and oxygen atoms in total. The van der Waals surface area contributed by atoms with Crippen LogP contribution in [0.3, 0.4) is 0 Å². The lowest BCUT2D eigenvalue weighted by atomic mass is 10.8. The van der Waals surface area contributed by atoms with Crippen LogP contribution < -0.4 is 0 Å². The third kappa shape index (κ3) is 2.29. The van der Waals surface area contributed by atoms with Crippen LogP contribution in [0.2, 0.25) is 0 Å². The van der Waals surface area contributed by atoms with Crippen molar-refractivity contribution in [2.75, 3.05) is 18.6 Å². The molecule has 0 atom stereocenters. The van der Waals surface area contributed by atoms with Gasteiger partial charge in [-0.05, 0) is 6.26 Å². The first-order chi connectivity index (χ1) is 3.43. The van der Waals surface area contributed by atoms with E-state index < -0.39 is 0 Å². The third-order valence-electron chi connectivity index (χ3n) is 0.732. The lowest BCUT2D eigenvalue weighted by molar-refractivity contribution is 1.18. The van der Waals surface area contributed by atoms with Crippen LogP contribution >= 0.6 is 35.9 Å². The molecule has 0 saturated heterocycles. The maximum Gasteiger partial charge on any atom is 0.124 e. The molecule has 0 bridgehead atoms. The molecule has 0 aromatic heterocycles. The van der Waals surface area contributed by atoms with Crippen LogP contribution in [0, 0.1) is 0 Å². The van der Waals surface area contributed by atoms with E-state index in [4.69, 9.17) is 0 Å². The maximum atomic E-state index is 4.20. The van der Waals surface area contributed by atoms with E-state index in [1.807, 2.05) is 11.8 Å². The summed E-state index contributed by atoms with van der Waals surface area (Å²) in [5.74, 6) is 1.19. The minimum absolute atomic E-state index is 0. The molecule has 0 aliphatic carbocycles. The van der Waals surface area contributed by atoms with E-state index in [0.717, 1.165) is 6.54 Å². The van der Waals surface area contributed by atoms with Gasteiger partial charge in [-0.3, -0.25) is 4.99 Å². The van der Waals surface area contributed by atoms with Crippen LogP contribution in [0.25, 0.3) is 0 Å². The van der Waals surface area contributed by atoms with Crippen LogP contribution in [0.4, 0.5) is 0 Å². The van der Waals surface area contributed by atoms with Crippen molar-refractivity contribution >= 4 is 40.3 Å². The SMILES string of the molecule is CSC1=NCCS1.Cl. The molecular formula is C4H8ClNS2. The molecule has 0 N–H and O–H groups in total. The van der Waals surface area contributed by atoms with Gasteiger partial charge >= 0.3 is 0 Å². The molecule has 8 heavy (non-hydrogen) atoms. The molecule has 1 heterocycles. The Hall–Kier alpha value is 0.660. The second kappa shape index (κ2) is 4.53. The van der Waals surface area contributed by atoms with Gasteiger partial charge in [-0.2, -0.15) is 0 Å². The smallest absolute Gasteiger partial charge is 0.124 e. The van der Waals surface area contributed by atoms with Gasteiger partial charge in [0.2, 0.25) is 0 Å². The van der Waals surface area contributed by atoms with Gasteiger partial charge < -0.3 is 0 Å². The zero-order valence-corrected chi connectivity index (χ0v) is 7.04. The first kappa shape index (κ1) is 8.66. The lowest BCUT2D eigenvalue weighted by Crippen LogP contribution is -1.72. The summed E-state index contributed by atoms with van der Waals surface area (Å²) in [5.41, 5.74) is 0. The molecule has 1 rings (SSSR count). The summed E-state index contributed by atoms with van der Waals surface area (Å²) in [7, 11) is 0. The Morgan fingerprint density at radius 2 is 2.50 bits per heavy atom. The summed E-state index contributed by atoms with van der Waals surface area (Å²) in [6.45, 7) is 1.03. The number of thioether (sulfide) groups is 2. The van der Waals surface area contributed by atoms with Gasteiger partial charge in [0, 0.05) is 5.75 Å². The highest BCUT2D eigenvalue weighted by molar-refractivity contribution is 8.38. The fourth-order valence-corrected chi connectivity index (χ4v) is 1.92. The first-order valence-corrected chi connectivity index (χ1v) is 4.36. The highest BCUT2D eigenvalue weighted by Gasteiger charge is 2.02. The predicted octanol–water partition coefficient (Wildman–Crippen LogP) is 1.87. The Morgan fingerprint density at radius 1 is 1.75 bits per heavy atom. The topological polar surface area (TPSA) is 12.4 Å².